The second kappa shape index (κ2) is 13.5. The van der Waals surface area contributed by atoms with Crippen molar-refractivity contribution in [3.63, 3.8) is 0 Å². The number of aromatic amines is 1. The van der Waals surface area contributed by atoms with Crippen molar-refractivity contribution in [2.24, 2.45) is 0 Å². The van der Waals surface area contributed by atoms with Crippen molar-refractivity contribution < 1.29 is 41.4 Å². The minimum atomic E-state index is -5.16. The number of anilines is 1. The van der Waals surface area contributed by atoms with Crippen LogP contribution in [-0.4, -0.2) is 38.6 Å². The first-order valence-electron chi connectivity index (χ1n) is 13.6. The monoisotopic (exact) mass is 620 g/mol. The number of aromatic nitrogens is 3. The van der Waals surface area contributed by atoms with Gasteiger partial charge in [-0.1, -0.05) is 36.4 Å². The van der Waals surface area contributed by atoms with Gasteiger partial charge in [0.25, 0.3) is 11.4 Å². The van der Waals surface area contributed by atoms with Gasteiger partial charge in [0, 0.05) is 0 Å². The lowest BCUT2D eigenvalue weighted by molar-refractivity contribution is -0.138. The molecular formula is C30H35F3N4O7. The molecule has 0 spiro atoms. The molecule has 44 heavy (non-hydrogen) atoms. The van der Waals surface area contributed by atoms with Crippen LogP contribution in [-0.2, 0) is 27.0 Å². The number of imide groups is 1. The SMILES string of the molecule is C=CCC[C@@H](OCc1ccccc1)c1nnc(-c2[nH]c(=O)c(C(F)(F)F)cc2N(C(=O)OC(C)(C)C)C(=O)OC(C)(C)C)o1. The molecule has 14 heteroatoms. The van der Waals surface area contributed by atoms with Crippen LogP contribution in [0.4, 0.5) is 28.4 Å². The highest BCUT2D eigenvalue weighted by atomic mass is 19.4. The summed E-state index contributed by atoms with van der Waals surface area (Å²) >= 11 is 0. The molecule has 0 aliphatic carbocycles. The van der Waals surface area contributed by atoms with Crippen LogP contribution in [0.1, 0.15) is 77.5 Å². The number of rotatable bonds is 9. The van der Waals surface area contributed by atoms with Crippen LogP contribution in [0.3, 0.4) is 0 Å². The zero-order valence-electron chi connectivity index (χ0n) is 25.3. The Labute approximate surface area is 252 Å². The number of benzene rings is 1. The van der Waals surface area contributed by atoms with Crippen LogP contribution in [0.2, 0.25) is 0 Å². The zero-order chi connectivity index (χ0) is 32.9. The maximum Gasteiger partial charge on any atom is 0.424 e. The average Bonchev–Trinajstić information content (AvgIpc) is 3.37. The summed E-state index contributed by atoms with van der Waals surface area (Å²) in [5.74, 6) is -0.560. The van der Waals surface area contributed by atoms with E-state index in [0.29, 0.717) is 18.9 Å². The summed E-state index contributed by atoms with van der Waals surface area (Å²) in [6.45, 7) is 12.9. The zero-order valence-corrected chi connectivity index (χ0v) is 25.3. The largest absolute Gasteiger partial charge is 0.443 e. The highest BCUT2D eigenvalue weighted by Crippen LogP contribution is 2.36. The van der Waals surface area contributed by atoms with E-state index in [1.807, 2.05) is 30.3 Å². The number of amides is 2. The lowest BCUT2D eigenvalue weighted by Gasteiger charge is -2.29. The number of pyridine rings is 1. The van der Waals surface area contributed by atoms with Crippen molar-refractivity contribution in [3.8, 4) is 11.6 Å². The number of H-pyrrole nitrogens is 1. The van der Waals surface area contributed by atoms with E-state index in [9.17, 15) is 27.6 Å². The van der Waals surface area contributed by atoms with Crippen molar-refractivity contribution in [2.75, 3.05) is 4.90 Å². The molecule has 2 aromatic heterocycles. The molecule has 1 atom stereocenters. The summed E-state index contributed by atoms with van der Waals surface area (Å²) in [6, 6.07) is 9.56. The lowest BCUT2D eigenvalue weighted by Crippen LogP contribution is -2.44. The molecule has 3 aromatic rings. The molecule has 3 rings (SSSR count). The van der Waals surface area contributed by atoms with E-state index in [4.69, 9.17) is 18.6 Å². The molecule has 0 aliphatic rings. The maximum atomic E-state index is 13.9. The predicted octanol–water partition coefficient (Wildman–Crippen LogP) is 7.34. The van der Waals surface area contributed by atoms with Gasteiger partial charge in [-0.05, 0) is 66.0 Å². The lowest BCUT2D eigenvalue weighted by atomic mass is 10.1. The first kappa shape index (κ1) is 34.0. The predicted molar refractivity (Wildman–Crippen MR) is 154 cm³/mol. The summed E-state index contributed by atoms with van der Waals surface area (Å²) < 4.78 is 64.0. The van der Waals surface area contributed by atoms with Crippen molar-refractivity contribution in [2.45, 2.75) is 84.5 Å². The summed E-state index contributed by atoms with van der Waals surface area (Å²) in [7, 11) is 0. The number of halogens is 3. The normalized spacial score (nSPS) is 12.8. The van der Waals surface area contributed by atoms with Gasteiger partial charge in [0.1, 0.15) is 28.6 Å². The second-order valence-electron chi connectivity index (χ2n) is 11.7. The fourth-order valence-electron chi connectivity index (χ4n) is 3.74. The fraction of sp³-hybridized carbons (Fsp3) is 0.433. The number of ether oxygens (including phenoxy) is 3. The standard InChI is InChI=1S/C30H35F3N4O7/c1-8-9-15-21(41-17-18-13-11-10-12-14-18)24-35-36-25(42-24)22-20(16-19(23(38)34-22)30(31,32)33)37(26(39)43-28(2,3)4)27(40)44-29(5,6)7/h8,10-14,16,21H,1,9,15,17H2,2-7H3,(H,34,38)/t21-/m1/s1. The van der Waals surface area contributed by atoms with Gasteiger partial charge in [-0.2, -0.15) is 18.1 Å². The minimum absolute atomic E-state index is 0.0643. The topological polar surface area (TPSA) is 137 Å². The molecule has 2 amide bonds. The second-order valence-corrected chi connectivity index (χ2v) is 11.7. The molecule has 1 N–H and O–H groups in total. The fourth-order valence-corrected chi connectivity index (χ4v) is 3.74. The molecule has 11 nitrogen and oxygen atoms in total. The van der Waals surface area contributed by atoms with E-state index >= 15 is 0 Å². The average molecular weight is 621 g/mol. The van der Waals surface area contributed by atoms with Crippen molar-refractivity contribution in [1.82, 2.24) is 15.2 Å². The van der Waals surface area contributed by atoms with Gasteiger partial charge in [0.2, 0.25) is 5.89 Å². The number of carbonyl (C=O) groups excluding carboxylic acids is 2. The summed E-state index contributed by atoms with van der Waals surface area (Å²) in [6.07, 6.45) is -6.17. The first-order chi connectivity index (χ1) is 20.4. The third-order valence-electron chi connectivity index (χ3n) is 5.58. The molecule has 1 aromatic carbocycles. The van der Waals surface area contributed by atoms with Crippen LogP contribution in [0.25, 0.3) is 11.6 Å². The molecule has 0 saturated carbocycles. The molecule has 0 radical (unpaired) electrons. The molecule has 0 unspecified atom stereocenters. The Bertz CT molecular complexity index is 1490. The highest BCUT2D eigenvalue weighted by molar-refractivity contribution is 6.11. The van der Waals surface area contributed by atoms with Crippen LogP contribution in [0.15, 0.2) is 58.3 Å². The number of alkyl halides is 3. The first-order valence-corrected chi connectivity index (χ1v) is 13.6. The number of hydrogen-bond donors (Lipinski definition) is 1. The minimum Gasteiger partial charge on any atom is -0.443 e. The van der Waals surface area contributed by atoms with Gasteiger partial charge in [-0.3, -0.25) is 4.79 Å². The van der Waals surface area contributed by atoms with Crippen molar-refractivity contribution in [1.29, 1.82) is 0 Å². The van der Waals surface area contributed by atoms with E-state index in [0.717, 1.165) is 5.56 Å². The number of nitrogens with one attached hydrogen (secondary N) is 1. The van der Waals surface area contributed by atoms with Gasteiger partial charge >= 0.3 is 18.4 Å². The van der Waals surface area contributed by atoms with Gasteiger partial charge in [0.15, 0.2) is 0 Å². The van der Waals surface area contributed by atoms with Gasteiger partial charge in [0.05, 0.1) is 12.3 Å². The molecule has 0 bridgehead atoms. The number of allylic oxidation sites excluding steroid dienone is 1. The van der Waals surface area contributed by atoms with Crippen LogP contribution in [0.5, 0.6) is 0 Å². The van der Waals surface area contributed by atoms with Gasteiger partial charge in [-0.15, -0.1) is 16.8 Å². The van der Waals surface area contributed by atoms with Crippen LogP contribution < -0.4 is 10.5 Å². The Morgan fingerprint density at radius 2 is 1.61 bits per heavy atom. The molecule has 2 heterocycles. The van der Waals surface area contributed by atoms with Crippen LogP contribution in [0, 0.1) is 0 Å². The van der Waals surface area contributed by atoms with E-state index < -0.39 is 64.1 Å². The molecule has 238 valence electrons. The summed E-state index contributed by atoms with van der Waals surface area (Å²) in [5.41, 5.74) is -6.06. The van der Waals surface area contributed by atoms with E-state index in [1.165, 1.54) is 41.5 Å². The molecular weight excluding hydrogens is 585 g/mol. The number of hydrogen-bond acceptors (Lipinski definition) is 9. The van der Waals surface area contributed by atoms with Crippen molar-refractivity contribution >= 4 is 17.9 Å². The van der Waals surface area contributed by atoms with E-state index in [2.05, 4.69) is 21.8 Å². The van der Waals surface area contributed by atoms with Gasteiger partial charge < -0.3 is 23.6 Å². The molecule has 0 saturated heterocycles. The van der Waals surface area contributed by atoms with E-state index in [-0.39, 0.29) is 17.4 Å². The van der Waals surface area contributed by atoms with Crippen LogP contribution >= 0.6 is 0 Å². The quantitative estimate of drug-likeness (QED) is 0.244. The Morgan fingerprint density at radius 3 is 2.14 bits per heavy atom. The van der Waals surface area contributed by atoms with E-state index in [1.54, 1.807) is 6.08 Å². The number of carbonyl (C=O) groups is 2. The number of nitrogens with zero attached hydrogens (tertiary/aromatic N) is 3. The third-order valence-corrected chi connectivity index (χ3v) is 5.58. The molecule has 0 fully saturated rings. The highest BCUT2D eigenvalue weighted by Gasteiger charge is 2.40. The maximum absolute atomic E-state index is 13.9. The van der Waals surface area contributed by atoms with Gasteiger partial charge in [-0.25, -0.2) is 9.59 Å². The Morgan fingerprint density at radius 1 is 1.02 bits per heavy atom. The summed E-state index contributed by atoms with van der Waals surface area (Å²) in [4.78, 5) is 41.5. The molecule has 0 aliphatic heterocycles. The summed E-state index contributed by atoms with van der Waals surface area (Å²) in [5, 5.41) is 7.91. The Balaban J connectivity index is 2.17. The Hall–Kier alpha value is -4.46. The smallest absolute Gasteiger partial charge is 0.424 e. The third kappa shape index (κ3) is 9.27. The van der Waals surface area contributed by atoms with Crippen molar-refractivity contribution in [3.05, 3.63) is 76.4 Å². The Kier molecular flexibility index (Phi) is 10.4.